The predicted octanol–water partition coefficient (Wildman–Crippen LogP) is 7.72. The molecule has 0 spiro atoms. The number of amides is 2. The van der Waals surface area contributed by atoms with Crippen molar-refractivity contribution in [3.8, 4) is 11.5 Å². The van der Waals surface area contributed by atoms with Gasteiger partial charge in [0.2, 0.25) is 0 Å². The second kappa shape index (κ2) is 11.9. The first-order valence-corrected chi connectivity index (χ1v) is 14.0. The van der Waals surface area contributed by atoms with Gasteiger partial charge in [-0.2, -0.15) is 0 Å². The fourth-order valence-corrected chi connectivity index (χ4v) is 5.79. The molecular weight excluding hydrogens is 596 g/mol. The van der Waals surface area contributed by atoms with E-state index in [0.717, 1.165) is 33.0 Å². The van der Waals surface area contributed by atoms with Crippen LogP contribution in [0.3, 0.4) is 0 Å². The molecule has 4 aromatic carbocycles. The van der Waals surface area contributed by atoms with Crippen LogP contribution < -0.4 is 9.47 Å². The van der Waals surface area contributed by atoms with Crippen molar-refractivity contribution in [2.24, 2.45) is 0 Å². The number of ether oxygens (including phenoxy) is 2. The maximum absolute atomic E-state index is 13.1. The number of imide groups is 1. The number of hydrogen-bond acceptors (Lipinski definition) is 7. The van der Waals surface area contributed by atoms with Crippen LogP contribution in [-0.4, -0.2) is 27.6 Å². The van der Waals surface area contributed by atoms with Crippen LogP contribution in [0.2, 0.25) is 0 Å². The first-order chi connectivity index (χ1) is 19.3. The molecule has 5 rings (SSSR count). The molecule has 0 bridgehead atoms. The van der Waals surface area contributed by atoms with Crippen molar-refractivity contribution in [2.45, 2.75) is 20.1 Å². The number of nitro groups is 1. The van der Waals surface area contributed by atoms with Gasteiger partial charge in [0, 0.05) is 12.1 Å². The lowest BCUT2D eigenvalue weighted by Crippen LogP contribution is -2.27. The smallest absolute Gasteiger partial charge is 0.293 e. The number of carbonyl (C=O) groups excluding carboxylic acids is 2. The zero-order chi connectivity index (χ0) is 28.2. The Kier molecular flexibility index (Phi) is 8.18. The Balaban J connectivity index is 1.37. The van der Waals surface area contributed by atoms with E-state index in [1.54, 1.807) is 24.3 Å². The van der Waals surface area contributed by atoms with Crippen molar-refractivity contribution in [3.63, 3.8) is 0 Å². The van der Waals surface area contributed by atoms with Gasteiger partial charge in [-0.15, -0.1) is 0 Å². The molecule has 0 radical (unpaired) electrons. The van der Waals surface area contributed by atoms with E-state index in [-0.39, 0.29) is 17.1 Å². The van der Waals surface area contributed by atoms with Crippen molar-refractivity contribution in [1.82, 2.24) is 4.90 Å². The largest absolute Gasteiger partial charge is 0.490 e. The van der Waals surface area contributed by atoms with E-state index in [0.29, 0.717) is 40.3 Å². The quantitative estimate of drug-likeness (QED) is 0.107. The lowest BCUT2D eigenvalue weighted by molar-refractivity contribution is -0.384. The highest BCUT2D eigenvalue weighted by Crippen LogP contribution is 2.40. The molecule has 1 fully saturated rings. The van der Waals surface area contributed by atoms with E-state index in [4.69, 9.17) is 9.47 Å². The lowest BCUT2D eigenvalue weighted by Gasteiger charge is -2.16. The third-order valence-electron chi connectivity index (χ3n) is 6.22. The number of non-ortho nitro benzene ring substituents is 1. The van der Waals surface area contributed by atoms with Crippen molar-refractivity contribution < 1.29 is 24.0 Å². The van der Waals surface area contributed by atoms with Gasteiger partial charge < -0.3 is 9.47 Å². The Morgan fingerprint density at radius 1 is 1.00 bits per heavy atom. The molecule has 0 aromatic heterocycles. The summed E-state index contributed by atoms with van der Waals surface area (Å²) in [6.07, 6.45) is 1.63. The fourth-order valence-electron chi connectivity index (χ4n) is 4.38. The zero-order valence-corrected chi connectivity index (χ0v) is 23.7. The highest BCUT2D eigenvalue weighted by Gasteiger charge is 2.35. The van der Waals surface area contributed by atoms with Crippen molar-refractivity contribution >= 4 is 61.4 Å². The molecule has 1 saturated heterocycles. The Labute approximate surface area is 242 Å². The van der Waals surface area contributed by atoms with E-state index in [1.165, 1.54) is 18.2 Å². The molecule has 0 unspecified atom stereocenters. The molecule has 1 aliphatic rings. The number of halogens is 1. The number of fused-ring (bicyclic) bond motifs is 1. The number of nitrogens with zero attached hydrogens (tertiary/aromatic N) is 2. The van der Waals surface area contributed by atoms with Gasteiger partial charge in [0.25, 0.3) is 16.8 Å². The highest BCUT2D eigenvalue weighted by atomic mass is 79.9. The summed E-state index contributed by atoms with van der Waals surface area (Å²) in [6, 6.07) is 23.6. The number of thioether (sulfide) groups is 1. The fraction of sp³-hybridized carbons (Fsp3) is 0.133. The summed E-state index contributed by atoms with van der Waals surface area (Å²) in [7, 11) is 0. The second-order valence-corrected chi connectivity index (χ2v) is 10.7. The maximum Gasteiger partial charge on any atom is 0.293 e. The van der Waals surface area contributed by atoms with Crippen LogP contribution in [0.15, 0.2) is 88.2 Å². The third-order valence-corrected chi connectivity index (χ3v) is 7.71. The van der Waals surface area contributed by atoms with Gasteiger partial charge in [-0.05, 0) is 80.3 Å². The van der Waals surface area contributed by atoms with Crippen molar-refractivity contribution in [3.05, 3.63) is 115 Å². The first-order valence-electron chi connectivity index (χ1n) is 12.4. The van der Waals surface area contributed by atoms with Gasteiger partial charge in [0.05, 0.1) is 27.5 Å². The molecule has 4 aromatic rings. The average Bonchev–Trinajstić information content (AvgIpc) is 3.20. The van der Waals surface area contributed by atoms with Crippen LogP contribution in [0.4, 0.5) is 10.5 Å². The standard InChI is InChI=1S/C30H23BrN2O6S/c1-2-38-26-15-20(14-25(31)28(26)39-18-22-10-6-9-21-8-3-4-12-24(21)22)16-27-29(34)32(30(35)40-27)17-19-7-5-11-23(13-19)33(36)37/h3-16H,2,17-18H2,1H3/b27-16+. The molecule has 202 valence electrons. The Bertz CT molecular complexity index is 1670. The van der Waals surface area contributed by atoms with Crippen LogP contribution in [0.1, 0.15) is 23.6 Å². The molecule has 0 atom stereocenters. The summed E-state index contributed by atoms with van der Waals surface area (Å²) in [5.74, 6) is 0.566. The van der Waals surface area contributed by atoms with E-state index in [1.807, 2.05) is 31.2 Å². The van der Waals surface area contributed by atoms with Crippen LogP contribution in [0.25, 0.3) is 16.8 Å². The average molecular weight is 619 g/mol. The molecule has 40 heavy (non-hydrogen) atoms. The summed E-state index contributed by atoms with van der Waals surface area (Å²) in [5, 5.41) is 12.9. The van der Waals surface area contributed by atoms with Gasteiger partial charge >= 0.3 is 0 Å². The van der Waals surface area contributed by atoms with Crippen molar-refractivity contribution in [1.29, 1.82) is 0 Å². The summed E-state index contributed by atoms with van der Waals surface area (Å²) in [6.45, 7) is 2.54. The second-order valence-electron chi connectivity index (χ2n) is 8.88. The molecular formula is C30H23BrN2O6S. The molecule has 8 nitrogen and oxygen atoms in total. The molecule has 0 aliphatic carbocycles. The SMILES string of the molecule is CCOc1cc(/C=C2/SC(=O)N(Cc3cccc([N+](=O)[O-])c3)C2=O)cc(Br)c1OCc1cccc2ccccc12. The summed E-state index contributed by atoms with van der Waals surface area (Å²) < 4.78 is 12.7. The minimum Gasteiger partial charge on any atom is -0.490 e. The van der Waals surface area contributed by atoms with Gasteiger partial charge in [-0.25, -0.2) is 0 Å². The minimum atomic E-state index is -0.513. The number of hydrogen-bond donors (Lipinski definition) is 0. The van der Waals surface area contributed by atoms with Crippen molar-refractivity contribution in [2.75, 3.05) is 6.61 Å². The number of nitro benzene ring substituents is 1. The molecule has 1 aliphatic heterocycles. The minimum absolute atomic E-state index is 0.0570. The molecule has 1 heterocycles. The molecule has 0 N–H and O–H groups in total. The van der Waals surface area contributed by atoms with Gasteiger partial charge in [-0.3, -0.25) is 24.6 Å². The number of benzene rings is 4. The van der Waals surface area contributed by atoms with E-state index in [2.05, 4.69) is 34.1 Å². The molecule has 0 saturated carbocycles. The summed E-state index contributed by atoms with van der Waals surface area (Å²) >= 11 is 4.41. The van der Waals surface area contributed by atoms with E-state index < -0.39 is 16.1 Å². The monoisotopic (exact) mass is 618 g/mol. The normalized spacial score (nSPS) is 14.2. The molecule has 2 amide bonds. The Morgan fingerprint density at radius 3 is 2.58 bits per heavy atom. The maximum atomic E-state index is 13.1. The van der Waals surface area contributed by atoms with E-state index >= 15 is 0 Å². The van der Waals surface area contributed by atoms with Crippen LogP contribution in [0, 0.1) is 10.1 Å². The van der Waals surface area contributed by atoms with Gasteiger partial charge in [0.15, 0.2) is 11.5 Å². The van der Waals surface area contributed by atoms with Crippen LogP contribution >= 0.6 is 27.7 Å². The number of rotatable bonds is 9. The van der Waals surface area contributed by atoms with Gasteiger partial charge in [-0.1, -0.05) is 54.6 Å². The van der Waals surface area contributed by atoms with E-state index in [9.17, 15) is 19.7 Å². The van der Waals surface area contributed by atoms with Gasteiger partial charge in [0.1, 0.15) is 6.61 Å². The third kappa shape index (κ3) is 5.88. The summed E-state index contributed by atoms with van der Waals surface area (Å²) in [4.78, 5) is 37.6. The van der Waals surface area contributed by atoms with Crippen LogP contribution in [0.5, 0.6) is 11.5 Å². The number of carbonyl (C=O) groups is 2. The Morgan fingerprint density at radius 2 is 1.77 bits per heavy atom. The van der Waals surface area contributed by atoms with Crippen LogP contribution in [-0.2, 0) is 17.9 Å². The topological polar surface area (TPSA) is 99.0 Å². The zero-order valence-electron chi connectivity index (χ0n) is 21.3. The predicted molar refractivity (Wildman–Crippen MR) is 158 cm³/mol. The molecule has 10 heteroatoms. The Hall–Kier alpha value is -4.15. The first kappa shape index (κ1) is 27.4. The summed E-state index contributed by atoms with van der Waals surface area (Å²) in [5.41, 5.74) is 2.07. The lowest BCUT2D eigenvalue weighted by atomic mass is 10.1. The highest BCUT2D eigenvalue weighted by molar-refractivity contribution is 9.10.